The van der Waals surface area contributed by atoms with Crippen molar-refractivity contribution in [3.63, 3.8) is 0 Å². The minimum absolute atomic E-state index is 0.00495. The molecule has 2 aromatic rings. The van der Waals surface area contributed by atoms with Crippen LogP contribution in [0.15, 0.2) is 40.4 Å². The number of benzene rings is 1. The number of phenolic OH excluding ortho intramolecular Hbond substituents is 1. The van der Waals surface area contributed by atoms with E-state index in [0.717, 1.165) is 22.6 Å². The van der Waals surface area contributed by atoms with Gasteiger partial charge >= 0.3 is 0 Å². The van der Waals surface area contributed by atoms with Crippen LogP contribution in [-0.4, -0.2) is 31.6 Å². The van der Waals surface area contributed by atoms with Gasteiger partial charge in [0, 0.05) is 11.8 Å². The highest BCUT2D eigenvalue weighted by Crippen LogP contribution is 2.16. The van der Waals surface area contributed by atoms with Crippen molar-refractivity contribution >= 4 is 23.4 Å². The fourth-order valence-corrected chi connectivity index (χ4v) is 2.01. The molecule has 0 fully saturated rings. The number of aromatic nitrogens is 3. The van der Waals surface area contributed by atoms with E-state index in [4.69, 9.17) is 5.84 Å². The van der Waals surface area contributed by atoms with Crippen molar-refractivity contribution in [2.45, 2.75) is 5.16 Å². The standard InChI is InChI=1S/C11H11N5O3S/c12-16-10(19)5-13-15-11(16)20-6-9(18)14-7-2-1-3-8(17)4-7/h1-5,17H,6,12H2,(H,14,18). The number of nitrogen functional groups attached to an aromatic ring is 1. The molecule has 0 radical (unpaired) electrons. The van der Waals surface area contributed by atoms with Crippen molar-refractivity contribution in [2.24, 2.45) is 0 Å². The van der Waals surface area contributed by atoms with Crippen molar-refractivity contribution < 1.29 is 9.90 Å². The van der Waals surface area contributed by atoms with Gasteiger partial charge in [0.25, 0.3) is 5.56 Å². The molecular weight excluding hydrogens is 282 g/mol. The third-order valence-electron chi connectivity index (χ3n) is 2.22. The van der Waals surface area contributed by atoms with E-state index >= 15 is 0 Å². The Balaban J connectivity index is 1.96. The first-order chi connectivity index (χ1) is 9.56. The molecule has 104 valence electrons. The van der Waals surface area contributed by atoms with Gasteiger partial charge in [-0.15, -0.1) is 5.10 Å². The van der Waals surface area contributed by atoms with Crippen molar-refractivity contribution in [1.82, 2.24) is 14.9 Å². The van der Waals surface area contributed by atoms with Crippen LogP contribution < -0.4 is 16.7 Å². The van der Waals surface area contributed by atoms with Gasteiger partial charge in [-0.2, -0.15) is 9.77 Å². The van der Waals surface area contributed by atoms with Gasteiger partial charge in [0.1, 0.15) is 11.9 Å². The number of thioether (sulfide) groups is 1. The lowest BCUT2D eigenvalue weighted by molar-refractivity contribution is -0.113. The molecule has 0 spiro atoms. The second-order valence-electron chi connectivity index (χ2n) is 3.72. The number of hydrogen-bond acceptors (Lipinski definition) is 7. The molecule has 4 N–H and O–H groups in total. The minimum Gasteiger partial charge on any atom is -0.508 e. The van der Waals surface area contributed by atoms with E-state index in [1.807, 2.05) is 0 Å². The molecule has 0 aliphatic rings. The van der Waals surface area contributed by atoms with Crippen molar-refractivity contribution in [1.29, 1.82) is 0 Å². The quantitative estimate of drug-likeness (QED) is 0.526. The molecule has 1 amide bonds. The van der Waals surface area contributed by atoms with Crippen LogP contribution in [0.1, 0.15) is 0 Å². The molecule has 8 nitrogen and oxygen atoms in total. The van der Waals surface area contributed by atoms with E-state index in [1.54, 1.807) is 12.1 Å². The zero-order valence-electron chi connectivity index (χ0n) is 10.2. The fourth-order valence-electron chi connectivity index (χ4n) is 1.34. The maximum atomic E-state index is 11.7. The van der Waals surface area contributed by atoms with Crippen LogP contribution in [0.5, 0.6) is 5.75 Å². The third-order valence-corrected chi connectivity index (χ3v) is 3.16. The van der Waals surface area contributed by atoms with Crippen LogP contribution in [0, 0.1) is 0 Å². The number of phenols is 1. The van der Waals surface area contributed by atoms with E-state index in [0.29, 0.717) is 5.69 Å². The molecule has 0 unspecified atom stereocenters. The average molecular weight is 293 g/mol. The molecule has 9 heteroatoms. The molecule has 0 saturated heterocycles. The molecule has 0 bridgehead atoms. The zero-order chi connectivity index (χ0) is 14.5. The Morgan fingerprint density at radius 1 is 1.50 bits per heavy atom. The molecule has 1 heterocycles. The number of nitrogens with one attached hydrogen (secondary N) is 1. The number of anilines is 1. The van der Waals surface area contributed by atoms with E-state index in [1.165, 1.54) is 12.1 Å². The van der Waals surface area contributed by atoms with Crippen LogP contribution in [0.4, 0.5) is 5.69 Å². The average Bonchev–Trinajstić information content (AvgIpc) is 2.40. The topological polar surface area (TPSA) is 123 Å². The molecule has 0 atom stereocenters. The summed E-state index contributed by atoms with van der Waals surface area (Å²) < 4.78 is 0.819. The first-order valence-corrected chi connectivity index (χ1v) is 6.46. The SMILES string of the molecule is Nn1c(SCC(=O)Nc2cccc(O)c2)nncc1=O. The second kappa shape index (κ2) is 6.06. The molecule has 0 aliphatic heterocycles. The van der Waals surface area contributed by atoms with E-state index < -0.39 is 5.56 Å². The third kappa shape index (κ3) is 3.48. The Kier molecular flexibility index (Phi) is 4.20. The van der Waals surface area contributed by atoms with Gasteiger partial charge in [0.05, 0.1) is 5.75 Å². The van der Waals surface area contributed by atoms with Crippen molar-refractivity contribution in [3.8, 4) is 5.75 Å². The Morgan fingerprint density at radius 2 is 2.30 bits per heavy atom. The van der Waals surface area contributed by atoms with Gasteiger partial charge in [-0.1, -0.05) is 17.8 Å². The highest BCUT2D eigenvalue weighted by atomic mass is 32.2. The summed E-state index contributed by atoms with van der Waals surface area (Å²) >= 11 is 0.983. The molecule has 1 aromatic heterocycles. The predicted octanol–water partition coefficient (Wildman–Crippen LogP) is -0.211. The summed E-state index contributed by atoms with van der Waals surface area (Å²) in [6.07, 6.45) is 0.983. The van der Waals surface area contributed by atoms with Crippen LogP contribution in [-0.2, 0) is 4.79 Å². The van der Waals surface area contributed by atoms with E-state index in [-0.39, 0.29) is 22.6 Å². The number of carbonyl (C=O) groups is 1. The van der Waals surface area contributed by atoms with Crippen LogP contribution in [0.3, 0.4) is 0 Å². The Morgan fingerprint density at radius 3 is 3.05 bits per heavy atom. The largest absolute Gasteiger partial charge is 0.508 e. The summed E-state index contributed by atoms with van der Waals surface area (Å²) in [4.78, 5) is 22.9. The smallest absolute Gasteiger partial charge is 0.291 e. The van der Waals surface area contributed by atoms with Gasteiger partial charge in [0.15, 0.2) is 0 Å². The summed E-state index contributed by atoms with van der Waals surface area (Å²) in [6, 6.07) is 6.17. The minimum atomic E-state index is -0.504. The maximum Gasteiger partial charge on any atom is 0.291 e. The molecule has 2 rings (SSSR count). The number of carbonyl (C=O) groups excluding carboxylic acids is 1. The Bertz CT molecular complexity index is 688. The molecule has 0 saturated carbocycles. The van der Waals surface area contributed by atoms with Gasteiger partial charge in [-0.05, 0) is 12.1 Å². The highest BCUT2D eigenvalue weighted by Gasteiger charge is 2.08. The molecule has 1 aromatic carbocycles. The first kappa shape index (κ1) is 13.9. The molecular formula is C11H11N5O3S. The number of rotatable bonds is 4. The lowest BCUT2D eigenvalue weighted by Crippen LogP contribution is -2.30. The van der Waals surface area contributed by atoms with Gasteiger partial charge in [0.2, 0.25) is 11.1 Å². The van der Waals surface area contributed by atoms with Gasteiger partial charge in [-0.3, -0.25) is 9.59 Å². The number of nitrogens with zero attached hydrogens (tertiary/aromatic N) is 3. The first-order valence-electron chi connectivity index (χ1n) is 5.48. The summed E-state index contributed by atoms with van der Waals surface area (Å²) in [5.74, 6) is 5.20. The summed E-state index contributed by atoms with van der Waals surface area (Å²) in [6.45, 7) is 0. The van der Waals surface area contributed by atoms with Crippen molar-refractivity contribution in [2.75, 3.05) is 16.9 Å². The number of amides is 1. The second-order valence-corrected chi connectivity index (χ2v) is 4.67. The Hall–Kier alpha value is -2.55. The molecule has 0 aliphatic carbocycles. The number of aromatic hydroxyl groups is 1. The van der Waals surface area contributed by atoms with Gasteiger partial charge in [-0.25, -0.2) is 0 Å². The van der Waals surface area contributed by atoms with E-state index in [9.17, 15) is 14.7 Å². The van der Waals surface area contributed by atoms with Crippen molar-refractivity contribution in [3.05, 3.63) is 40.8 Å². The zero-order valence-corrected chi connectivity index (χ0v) is 11.0. The normalized spacial score (nSPS) is 10.2. The lowest BCUT2D eigenvalue weighted by atomic mass is 10.3. The predicted molar refractivity (Wildman–Crippen MR) is 73.9 cm³/mol. The Labute approximate surface area is 117 Å². The highest BCUT2D eigenvalue weighted by molar-refractivity contribution is 7.99. The lowest BCUT2D eigenvalue weighted by Gasteiger charge is -2.06. The maximum absolute atomic E-state index is 11.7. The monoisotopic (exact) mass is 293 g/mol. The summed E-state index contributed by atoms with van der Waals surface area (Å²) in [5.41, 5.74) is -0.0317. The fraction of sp³-hybridized carbons (Fsp3) is 0.0909. The number of nitrogens with two attached hydrogens (primary N) is 1. The van der Waals surface area contributed by atoms with Crippen LogP contribution in [0.2, 0.25) is 0 Å². The van der Waals surface area contributed by atoms with Crippen LogP contribution >= 0.6 is 11.8 Å². The van der Waals surface area contributed by atoms with E-state index in [2.05, 4.69) is 15.5 Å². The van der Waals surface area contributed by atoms with Gasteiger partial charge < -0.3 is 16.3 Å². The number of hydrogen-bond donors (Lipinski definition) is 3. The van der Waals surface area contributed by atoms with Crippen LogP contribution in [0.25, 0.3) is 0 Å². The molecule has 20 heavy (non-hydrogen) atoms. The summed E-state index contributed by atoms with van der Waals surface area (Å²) in [5, 5.41) is 19.1. The summed E-state index contributed by atoms with van der Waals surface area (Å²) in [7, 11) is 0.